The van der Waals surface area contributed by atoms with E-state index in [-0.39, 0.29) is 31.0 Å². The molecule has 6 nitrogen and oxygen atoms in total. The van der Waals surface area contributed by atoms with Gasteiger partial charge in [0.1, 0.15) is 0 Å². The number of carbonyl (C=O) groups excluding carboxylic acids is 1. The van der Waals surface area contributed by atoms with Gasteiger partial charge in [0.25, 0.3) is 0 Å². The van der Waals surface area contributed by atoms with Gasteiger partial charge >= 0.3 is 12.0 Å². The fourth-order valence-electron chi connectivity index (χ4n) is 2.29. The Kier molecular flexibility index (Phi) is 6.62. The number of piperidine rings is 1. The third-order valence-corrected chi connectivity index (χ3v) is 3.55. The first-order valence-corrected chi connectivity index (χ1v) is 6.91. The molecule has 110 valence electrons. The van der Waals surface area contributed by atoms with Crippen LogP contribution in [0.25, 0.3) is 0 Å². The molecule has 6 heteroatoms. The molecule has 0 aromatic carbocycles. The molecule has 1 heterocycles. The topological polar surface area (TPSA) is 89.9 Å². The molecule has 19 heavy (non-hydrogen) atoms. The Hall–Kier alpha value is -1.30. The minimum atomic E-state index is -0.811. The van der Waals surface area contributed by atoms with E-state index in [9.17, 15) is 14.7 Å². The number of carboxylic acids is 1. The van der Waals surface area contributed by atoms with Crippen molar-refractivity contribution < 1.29 is 19.8 Å². The number of nitrogens with one attached hydrogen (secondary N) is 1. The summed E-state index contributed by atoms with van der Waals surface area (Å²) in [7, 11) is 0. The van der Waals surface area contributed by atoms with Crippen LogP contribution in [-0.4, -0.2) is 52.9 Å². The number of nitrogens with zero attached hydrogens (tertiary/aromatic N) is 1. The predicted molar refractivity (Wildman–Crippen MR) is 70.9 cm³/mol. The SMILES string of the molecule is CC(CCC(=O)O)CNC(=O)N1CCCCC1CO. The van der Waals surface area contributed by atoms with Gasteiger partial charge in [-0.3, -0.25) is 4.79 Å². The molecular formula is C13H24N2O4. The van der Waals surface area contributed by atoms with Crippen LogP contribution in [0.5, 0.6) is 0 Å². The average Bonchev–Trinajstić information content (AvgIpc) is 2.42. The second kappa shape index (κ2) is 7.99. The zero-order valence-electron chi connectivity index (χ0n) is 11.5. The summed E-state index contributed by atoms with van der Waals surface area (Å²) in [5.74, 6) is -0.674. The molecule has 0 bridgehead atoms. The molecule has 1 fully saturated rings. The minimum absolute atomic E-state index is 0.00197. The lowest BCUT2D eigenvalue weighted by Crippen LogP contribution is -2.50. The highest BCUT2D eigenvalue weighted by molar-refractivity contribution is 5.74. The summed E-state index contributed by atoms with van der Waals surface area (Å²) in [6.07, 6.45) is 3.54. The van der Waals surface area contributed by atoms with Gasteiger partial charge in [-0.05, 0) is 31.6 Å². The number of aliphatic hydroxyl groups is 1. The zero-order valence-corrected chi connectivity index (χ0v) is 11.5. The molecule has 3 N–H and O–H groups in total. The summed E-state index contributed by atoms with van der Waals surface area (Å²) in [6, 6.07) is -0.232. The Morgan fingerprint density at radius 3 is 2.79 bits per heavy atom. The molecular weight excluding hydrogens is 248 g/mol. The van der Waals surface area contributed by atoms with E-state index in [1.165, 1.54) is 0 Å². The van der Waals surface area contributed by atoms with Gasteiger partial charge in [0.2, 0.25) is 0 Å². The number of rotatable bonds is 6. The quantitative estimate of drug-likeness (QED) is 0.674. The third-order valence-electron chi connectivity index (χ3n) is 3.55. The van der Waals surface area contributed by atoms with Gasteiger partial charge in [-0.25, -0.2) is 4.79 Å². The molecule has 2 unspecified atom stereocenters. The van der Waals surface area contributed by atoms with E-state index in [4.69, 9.17) is 5.11 Å². The van der Waals surface area contributed by atoms with E-state index in [0.29, 0.717) is 19.5 Å². The fraction of sp³-hybridized carbons (Fsp3) is 0.846. The van der Waals surface area contributed by atoms with Gasteiger partial charge in [-0.15, -0.1) is 0 Å². The van der Waals surface area contributed by atoms with E-state index < -0.39 is 5.97 Å². The van der Waals surface area contributed by atoms with Crippen LogP contribution >= 0.6 is 0 Å². The van der Waals surface area contributed by atoms with E-state index in [2.05, 4.69) is 5.32 Å². The Bertz CT molecular complexity index is 309. The average molecular weight is 272 g/mol. The molecule has 1 aliphatic rings. The van der Waals surface area contributed by atoms with Crippen molar-refractivity contribution in [1.82, 2.24) is 10.2 Å². The van der Waals surface area contributed by atoms with Crippen molar-refractivity contribution in [3.8, 4) is 0 Å². The van der Waals surface area contributed by atoms with E-state index in [0.717, 1.165) is 19.3 Å². The summed E-state index contributed by atoms with van der Waals surface area (Å²) in [6.45, 7) is 3.08. The molecule has 0 saturated carbocycles. The monoisotopic (exact) mass is 272 g/mol. The van der Waals surface area contributed by atoms with Crippen molar-refractivity contribution in [2.75, 3.05) is 19.7 Å². The summed E-state index contributed by atoms with van der Waals surface area (Å²) < 4.78 is 0. The molecule has 1 saturated heterocycles. The van der Waals surface area contributed by atoms with Gasteiger partial charge in [-0.2, -0.15) is 0 Å². The molecule has 0 spiro atoms. The van der Waals surface area contributed by atoms with Gasteiger partial charge < -0.3 is 20.4 Å². The van der Waals surface area contributed by atoms with Crippen molar-refractivity contribution in [3.63, 3.8) is 0 Å². The highest BCUT2D eigenvalue weighted by Crippen LogP contribution is 2.16. The standard InChI is InChI=1S/C13H24N2O4/c1-10(5-6-12(17)18)8-14-13(19)15-7-3-2-4-11(15)9-16/h10-11,16H,2-9H2,1H3,(H,14,19)(H,17,18). The Morgan fingerprint density at radius 1 is 1.42 bits per heavy atom. The van der Waals surface area contributed by atoms with Crippen LogP contribution < -0.4 is 5.32 Å². The maximum absolute atomic E-state index is 12.0. The van der Waals surface area contributed by atoms with Crippen LogP contribution in [0.2, 0.25) is 0 Å². The van der Waals surface area contributed by atoms with E-state index in [1.54, 1.807) is 4.90 Å². The van der Waals surface area contributed by atoms with Crippen molar-refractivity contribution in [2.24, 2.45) is 5.92 Å². The van der Waals surface area contributed by atoms with Crippen LogP contribution in [0.15, 0.2) is 0 Å². The first-order valence-electron chi connectivity index (χ1n) is 6.91. The number of amides is 2. The zero-order chi connectivity index (χ0) is 14.3. The second-order valence-electron chi connectivity index (χ2n) is 5.25. The lowest BCUT2D eigenvalue weighted by Gasteiger charge is -2.34. The molecule has 0 aliphatic carbocycles. The number of urea groups is 1. The molecule has 2 atom stereocenters. The van der Waals surface area contributed by atoms with Crippen LogP contribution in [0.1, 0.15) is 39.0 Å². The van der Waals surface area contributed by atoms with Crippen molar-refractivity contribution in [1.29, 1.82) is 0 Å². The van der Waals surface area contributed by atoms with E-state index >= 15 is 0 Å². The first-order chi connectivity index (χ1) is 9.04. The minimum Gasteiger partial charge on any atom is -0.481 e. The predicted octanol–water partition coefficient (Wildman–Crippen LogP) is 1.04. The van der Waals surface area contributed by atoms with Crippen LogP contribution in [0, 0.1) is 5.92 Å². The van der Waals surface area contributed by atoms with Crippen molar-refractivity contribution in [2.45, 2.75) is 45.1 Å². The second-order valence-corrected chi connectivity index (χ2v) is 5.25. The normalized spacial score (nSPS) is 20.9. The molecule has 0 radical (unpaired) electrons. The smallest absolute Gasteiger partial charge is 0.317 e. The van der Waals surface area contributed by atoms with Gasteiger partial charge in [0.15, 0.2) is 0 Å². The number of likely N-dealkylation sites (tertiary alicyclic amines) is 1. The van der Waals surface area contributed by atoms with Gasteiger partial charge in [0, 0.05) is 19.5 Å². The summed E-state index contributed by atoms with van der Waals surface area (Å²) in [4.78, 5) is 24.1. The largest absolute Gasteiger partial charge is 0.481 e. The summed E-state index contributed by atoms with van der Waals surface area (Å²) in [5.41, 5.74) is 0. The lowest BCUT2D eigenvalue weighted by molar-refractivity contribution is -0.137. The van der Waals surface area contributed by atoms with Crippen LogP contribution in [0.3, 0.4) is 0 Å². The fourth-order valence-corrected chi connectivity index (χ4v) is 2.29. The number of carboxylic acid groups (broad SMARTS) is 1. The number of hydrogen-bond acceptors (Lipinski definition) is 3. The summed E-state index contributed by atoms with van der Waals surface area (Å²) in [5, 5.41) is 20.7. The Morgan fingerprint density at radius 2 is 2.16 bits per heavy atom. The highest BCUT2D eigenvalue weighted by atomic mass is 16.4. The van der Waals surface area contributed by atoms with Gasteiger partial charge in [0.05, 0.1) is 12.6 Å². The molecule has 0 aromatic heterocycles. The highest BCUT2D eigenvalue weighted by Gasteiger charge is 2.25. The molecule has 1 aliphatic heterocycles. The number of hydrogen-bond donors (Lipinski definition) is 3. The first kappa shape index (κ1) is 15.8. The molecule has 1 rings (SSSR count). The number of carbonyl (C=O) groups is 2. The van der Waals surface area contributed by atoms with E-state index in [1.807, 2.05) is 6.92 Å². The van der Waals surface area contributed by atoms with Crippen molar-refractivity contribution >= 4 is 12.0 Å². The van der Waals surface area contributed by atoms with Gasteiger partial charge in [-0.1, -0.05) is 6.92 Å². The lowest BCUT2D eigenvalue weighted by atomic mass is 10.0. The van der Waals surface area contributed by atoms with Crippen molar-refractivity contribution in [3.05, 3.63) is 0 Å². The maximum Gasteiger partial charge on any atom is 0.317 e. The molecule has 2 amide bonds. The molecule has 0 aromatic rings. The third kappa shape index (κ3) is 5.46. The summed E-state index contributed by atoms with van der Waals surface area (Å²) >= 11 is 0. The maximum atomic E-state index is 12.0. The Balaban J connectivity index is 2.31. The Labute approximate surface area is 113 Å². The van der Waals surface area contributed by atoms with Crippen LogP contribution in [-0.2, 0) is 4.79 Å². The number of aliphatic hydroxyl groups excluding tert-OH is 1. The number of aliphatic carboxylic acids is 1. The van der Waals surface area contributed by atoms with Crippen LogP contribution in [0.4, 0.5) is 4.79 Å².